The lowest BCUT2D eigenvalue weighted by Gasteiger charge is -2.09. The van der Waals surface area contributed by atoms with E-state index < -0.39 is 4.92 Å². The Labute approximate surface area is 125 Å². The first kappa shape index (κ1) is 13.7. The fraction of sp³-hybridized carbons (Fsp3) is 0.0667. The van der Waals surface area contributed by atoms with Gasteiger partial charge in [-0.25, -0.2) is 4.98 Å². The number of nitrogens with zero attached hydrogens (tertiary/aromatic N) is 3. The van der Waals surface area contributed by atoms with Gasteiger partial charge in [-0.1, -0.05) is 36.4 Å². The van der Waals surface area contributed by atoms with Gasteiger partial charge in [0.25, 0.3) is 0 Å². The van der Waals surface area contributed by atoms with Crippen LogP contribution in [0.1, 0.15) is 0 Å². The molecule has 0 amide bonds. The Morgan fingerprint density at radius 3 is 2.68 bits per heavy atom. The molecule has 1 heterocycles. The molecule has 0 fully saturated rings. The van der Waals surface area contributed by atoms with E-state index in [2.05, 4.69) is 15.3 Å². The number of rotatable bonds is 4. The highest BCUT2D eigenvalue weighted by molar-refractivity contribution is 5.88. The van der Waals surface area contributed by atoms with E-state index in [1.807, 2.05) is 36.4 Å². The first-order valence-corrected chi connectivity index (χ1v) is 6.53. The Morgan fingerprint density at radius 2 is 1.91 bits per heavy atom. The zero-order valence-electron chi connectivity index (χ0n) is 11.7. The first-order chi connectivity index (χ1) is 10.7. The molecule has 3 aromatic rings. The molecule has 3 rings (SSSR count). The molecule has 7 nitrogen and oxygen atoms in total. The van der Waals surface area contributed by atoms with Crippen LogP contribution in [0.2, 0.25) is 0 Å². The number of fused-ring (bicyclic) bond motifs is 1. The standard InChI is InChI=1S/C15H12N4O3/c1-16-14-13(19(20)21)15(18-9-17-14)22-12-8-4-6-10-5-2-3-7-11(10)12/h2-9H,1H3,(H,16,17,18). The molecular weight excluding hydrogens is 284 g/mol. The zero-order chi connectivity index (χ0) is 15.5. The SMILES string of the molecule is CNc1ncnc(Oc2cccc3ccccc23)c1[N+](=O)[O-]. The molecule has 0 aliphatic carbocycles. The molecule has 1 aromatic heterocycles. The molecule has 2 aromatic carbocycles. The molecule has 0 saturated carbocycles. The van der Waals surface area contributed by atoms with Gasteiger partial charge in [0.1, 0.15) is 12.1 Å². The van der Waals surface area contributed by atoms with Crippen LogP contribution < -0.4 is 10.1 Å². The quantitative estimate of drug-likeness (QED) is 0.586. The summed E-state index contributed by atoms with van der Waals surface area (Å²) < 4.78 is 5.69. The number of hydrogen-bond acceptors (Lipinski definition) is 6. The highest BCUT2D eigenvalue weighted by Crippen LogP contribution is 2.36. The first-order valence-electron chi connectivity index (χ1n) is 6.53. The van der Waals surface area contributed by atoms with Crippen LogP contribution in [-0.4, -0.2) is 21.9 Å². The second kappa shape index (κ2) is 5.65. The minimum atomic E-state index is -0.563. The summed E-state index contributed by atoms with van der Waals surface area (Å²) in [5.74, 6) is 0.512. The summed E-state index contributed by atoms with van der Waals surface area (Å²) in [6, 6.07) is 13.1. The minimum absolute atomic E-state index is 0.0966. The monoisotopic (exact) mass is 296 g/mol. The van der Waals surface area contributed by atoms with E-state index in [1.165, 1.54) is 6.33 Å². The number of nitro groups is 1. The van der Waals surface area contributed by atoms with E-state index in [0.717, 1.165) is 10.8 Å². The van der Waals surface area contributed by atoms with Gasteiger partial charge < -0.3 is 10.1 Å². The van der Waals surface area contributed by atoms with E-state index in [9.17, 15) is 10.1 Å². The van der Waals surface area contributed by atoms with Crippen molar-refractivity contribution in [3.05, 3.63) is 58.9 Å². The third kappa shape index (κ3) is 2.39. The molecule has 0 unspecified atom stereocenters. The number of hydrogen-bond donors (Lipinski definition) is 1. The van der Waals surface area contributed by atoms with Crippen molar-refractivity contribution in [3.63, 3.8) is 0 Å². The second-order valence-corrected chi connectivity index (χ2v) is 4.46. The van der Waals surface area contributed by atoms with Crippen molar-refractivity contribution in [1.29, 1.82) is 0 Å². The predicted octanol–water partition coefficient (Wildman–Crippen LogP) is 3.37. The van der Waals surface area contributed by atoms with Gasteiger partial charge in [0.2, 0.25) is 5.82 Å². The lowest BCUT2D eigenvalue weighted by atomic mass is 10.1. The zero-order valence-corrected chi connectivity index (χ0v) is 11.7. The molecule has 22 heavy (non-hydrogen) atoms. The third-order valence-corrected chi connectivity index (χ3v) is 3.16. The van der Waals surface area contributed by atoms with E-state index in [0.29, 0.717) is 5.75 Å². The fourth-order valence-electron chi connectivity index (χ4n) is 2.17. The Hall–Kier alpha value is -3.22. The number of anilines is 1. The highest BCUT2D eigenvalue weighted by atomic mass is 16.6. The molecule has 0 spiro atoms. The molecule has 0 aliphatic rings. The van der Waals surface area contributed by atoms with Gasteiger partial charge >= 0.3 is 11.6 Å². The normalized spacial score (nSPS) is 10.4. The third-order valence-electron chi connectivity index (χ3n) is 3.16. The van der Waals surface area contributed by atoms with Crippen molar-refractivity contribution in [1.82, 2.24) is 9.97 Å². The molecule has 1 N–H and O–H groups in total. The van der Waals surface area contributed by atoms with Crippen molar-refractivity contribution in [2.45, 2.75) is 0 Å². The van der Waals surface area contributed by atoms with E-state index in [4.69, 9.17) is 4.74 Å². The van der Waals surface area contributed by atoms with Crippen molar-refractivity contribution in [3.8, 4) is 11.6 Å². The second-order valence-electron chi connectivity index (χ2n) is 4.46. The Kier molecular flexibility index (Phi) is 3.53. The Balaban J connectivity index is 2.11. The summed E-state index contributed by atoms with van der Waals surface area (Å²) in [5.41, 5.74) is -0.294. The van der Waals surface area contributed by atoms with Crippen molar-refractivity contribution in [2.24, 2.45) is 0 Å². The van der Waals surface area contributed by atoms with Gasteiger partial charge in [-0.3, -0.25) is 10.1 Å². The molecule has 0 bridgehead atoms. The molecule has 110 valence electrons. The Morgan fingerprint density at radius 1 is 1.14 bits per heavy atom. The van der Waals surface area contributed by atoms with Gasteiger partial charge in [0.05, 0.1) is 4.92 Å². The van der Waals surface area contributed by atoms with Crippen LogP contribution in [0.25, 0.3) is 10.8 Å². The Bertz CT molecular complexity index is 846. The highest BCUT2D eigenvalue weighted by Gasteiger charge is 2.24. The molecule has 0 radical (unpaired) electrons. The van der Waals surface area contributed by atoms with Gasteiger partial charge in [-0.2, -0.15) is 4.98 Å². The minimum Gasteiger partial charge on any atom is -0.433 e. The van der Waals surface area contributed by atoms with Crippen LogP contribution in [0.4, 0.5) is 11.5 Å². The molecular formula is C15H12N4O3. The number of nitrogens with one attached hydrogen (secondary N) is 1. The topological polar surface area (TPSA) is 90.2 Å². The fourth-order valence-corrected chi connectivity index (χ4v) is 2.17. The summed E-state index contributed by atoms with van der Waals surface area (Å²) in [6.07, 6.45) is 1.22. The number of benzene rings is 2. The van der Waals surface area contributed by atoms with E-state index >= 15 is 0 Å². The van der Waals surface area contributed by atoms with Crippen molar-refractivity contribution >= 4 is 22.3 Å². The van der Waals surface area contributed by atoms with Gasteiger partial charge in [-0.05, 0) is 11.5 Å². The van der Waals surface area contributed by atoms with Crippen molar-refractivity contribution in [2.75, 3.05) is 12.4 Å². The average molecular weight is 296 g/mol. The van der Waals surface area contributed by atoms with Gasteiger partial charge in [-0.15, -0.1) is 0 Å². The maximum atomic E-state index is 11.3. The summed E-state index contributed by atoms with van der Waals surface area (Å²) in [6.45, 7) is 0. The van der Waals surface area contributed by atoms with Crippen LogP contribution in [0.5, 0.6) is 11.6 Å². The lowest BCUT2D eigenvalue weighted by Crippen LogP contribution is -2.03. The summed E-state index contributed by atoms with van der Waals surface area (Å²) in [7, 11) is 1.55. The molecule has 0 saturated heterocycles. The van der Waals surface area contributed by atoms with Crippen LogP contribution in [-0.2, 0) is 0 Å². The molecule has 0 aliphatic heterocycles. The van der Waals surface area contributed by atoms with Crippen LogP contribution in [0.15, 0.2) is 48.8 Å². The summed E-state index contributed by atoms with van der Waals surface area (Å²) in [4.78, 5) is 18.4. The number of aromatic nitrogens is 2. The van der Waals surface area contributed by atoms with Gasteiger partial charge in [0, 0.05) is 12.4 Å². The lowest BCUT2D eigenvalue weighted by molar-refractivity contribution is -0.385. The predicted molar refractivity (Wildman–Crippen MR) is 82.3 cm³/mol. The van der Waals surface area contributed by atoms with Crippen molar-refractivity contribution < 1.29 is 9.66 Å². The number of ether oxygens (including phenoxy) is 1. The summed E-state index contributed by atoms with van der Waals surface area (Å²) >= 11 is 0. The maximum absolute atomic E-state index is 11.3. The van der Waals surface area contributed by atoms with Crippen LogP contribution in [0.3, 0.4) is 0 Å². The summed E-state index contributed by atoms with van der Waals surface area (Å²) in [5, 5.41) is 15.8. The van der Waals surface area contributed by atoms with Crippen LogP contribution in [0, 0.1) is 10.1 Å². The van der Waals surface area contributed by atoms with Crippen LogP contribution >= 0.6 is 0 Å². The molecule has 0 atom stereocenters. The smallest absolute Gasteiger partial charge is 0.373 e. The largest absolute Gasteiger partial charge is 0.433 e. The average Bonchev–Trinajstić information content (AvgIpc) is 2.54. The van der Waals surface area contributed by atoms with E-state index in [1.54, 1.807) is 13.1 Å². The van der Waals surface area contributed by atoms with E-state index in [-0.39, 0.29) is 17.4 Å². The maximum Gasteiger partial charge on any atom is 0.373 e. The molecule has 7 heteroatoms. The van der Waals surface area contributed by atoms with Gasteiger partial charge in [0.15, 0.2) is 0 Å².